The van der Waals surface area contributed by atoms with Crippen molar-refractivity contribution in [2.24, 2.45) is 0 Å². The summed E-state index contributed by atoms with van der Waals surface area (Å²) in [5, 5.41) is 19.3. The summed E-state index contributed by atoms with van der Waals surface area (Å²) in [5.41, 5.74) is 0. The Hall–Kier alpha value is -1.20. The molecule has 30 heavy (non-hydrogen) atoms. The molecule has 0 saturated heterocycles. The number of esters is 1. The number of rotatable bonds is 21. The second-order valence-corrected chi connectivity index (χ2v) is 8.21. The number of hydrogen-bond acceptors (Lipinski definition) is 5. The number of hydrogen-bond donors (Lipinski definition) is 2. The maximum absolute atomic E-state index is 12.1. The Kier molecular flexibility index (Phi) is 20.2. The van der Waals surface area contributed by atoms with E-state index in [9.17, 15) is 19.8 Å². The molecular formula is C25H46O5. The van der Waals surface area contributed by atoms with E-state index in [0.29, 0.717) is 12.8 Å². The van der Waals surface area contributed by atoms with Crippen molar-refractivity contribution in [3.8, 4) is 0 Å². The quantitative estimate of drug-likeness (QED) is 0.141. The number of Topliss-reactive ketones (excluding diaryl/α,β-unsaturated/α-hetero) is 1. The third-order valence-electron chi connectivity index (χ3n) is 5.28. The van der Waals surface area contributed by atoms with Crippen LogP contribution in [-0.2, 0) is 14.3 Å². The Morgan fingerprint density at radius 2 is 1.30 bits per heavy atom. The van der Waals surface area contributed by atoms with Gasteiger partial charge in [0.05, 0.1) is 6.61 Å². The van der Waals surface area contributed by atoms with E-state index in [2.05, 4.69) is 19.1 Å². The highest BCUT2D eigenvalue weighted by Crippen LogP contribution is 2.12. The fourth-order valence-corrected chi connectivity index (χ4v) is 3.36. The van der Waals surface area contributed by atoms with Crippen LogP contribution in [0.25, 0.3) is 0 Å². The van der Waals surface area contributed by atoms with Crippen LogP contribution >= 0.6 is 0 Å². The van der Waals surface area contributed by atoms with E-state index >= 15 is 0 Å². The van der Waals surface area contributed by atoms with Gasteiger partial charge in [-0.15, -0.1) is 0 Å². The van der Waals surface area contributed by atoms with Crippen molar-refractivity contribution < 1.29 is 24.5 Å². The summed E-state index contributed by atoms with van der Waals surface area (Å²) in [7, 11) is 0. The zero-order chi connectivity index (χ0) is 22.5. The number of allylic oxidation sites excluding steroid dienone is 2. The van der Waals surface area contributed by atoms with Crippen molar-refractivity contribution in [3.63, 3.8) is 0 Å². The minimum atomic E-state index is -1.44. The Balaban J connectivity index is 3.65. The first-order chi connectivity index (χ1) is 14.6. The summed E-state index contributed by atoms with van der Waals surface area (Å²) in [6.45, 7) is 3.54. The number of aliphatic hydroxyl groups excluding tert-OH is 2. The van der Waals surface area contributed by atoms with E-state index < -0.39 is 24.8 Å². The van der Waals surface area contributed by atoms with Crippen LogP contribution in [0.4, 0.5) is 0 Å². The molecule has 0 saturated carbocycles. The molecule has 0 heterocycles. The fourth-order valence-electron chi connectivity index (χ4n) is 3.36. The summed E-state index contributed by atoms with van der Waals surface area (Å²) < 4.78 is 4.99. The van der Waals surface area contributed by atoms with Crippen LogP contribution in [-0.4, -0.2) is 40.8 Å². The molecule has 5 heteroatoms. The smallest absolute Gasteiger partial charge is 0.306 e. The van der Waals surface area contributed by atoms with Crippen molar-refractivity contribution in [2.75, 3.05) is 6.61 Å². The molecule has 5 nitrogen and oxygen atoms in total. The number of unbranched alkanes of at least 4 members (excludes halogenated alkanes) is 11. The average Bonchev–Trinajstić information content (AvgIpc) is 2.74. The Morgan fingerprint density at radius 1 is 0.767 bits per heavy atom. The standard InChI is InChI=1S/C25H46O5/c1-3-5-6-7-8-9-10-11-12-13-14-15-16-17-18-20-22(27)25(29)23(21-26)30-24(28)19-4-2/h11-12,23,25-26,29H,3-10,13-21H2,1-2H3/b12-11-. The molecule has 0 aromatic heterocycles. The third-order valence-corrected chi connectivity index (χ3v) is 5.28. The van der Waals surface area contributed by atoms with Crippen LogP contribution in [0.1, 0.15) is 117 Å². The van der Waals surface area contributed by atoms with Gasteiger partial charge in [0, 0.05) is 12.8 Å². The van der Waals surface area contributed by atoms with Gasteiger partial charge in [-0.05, 0) is 38.5 Å². The molecule has 0 aromatic carbocycles. The largest absolute Gasteiger partial charge is 0.457 e. The van der Waals surface area contributed by atoms with Crippen LogP contribution in [0, 0.1) is 0 Å². The van der Waals surface area contributed by atoms with Crippen molar-refractivity contribution in [1.82, 2.24) is 0 Å². The maximum atomic E-state index is 12.1. The zero-order valence-electron chi connectivity index (χ0n) is 19.4. The topological polar surface area (TPSA) is 83.8 Å². The Bertz CT molecular complexity index is 447. The molecular weight excluding hydrogens is 380 g/mol. The monoisotopic (exact) mass is 426 g/mol. The predicted molar refractivity (Wildman–Crippen MR) is 122 cm³/mol. The first-order valence-electron chi connectivity index (χ1n) is 12.2. The van der Waals surface area contributed by atoms with E-state index in [1.807, 2.05) is 6.92 Å². The van der Waals surface area contributed by atoms with Gasteiger partial charge in [-0.2, -0.15) is 0 Å². The number of carbonyl (C=O) groups is 2. The molecule has 2 unspecified atom stereocenters. The van der Waals surface area contributed by atoms with Gasteiger partial charge in [0.25, 0.3) is 0 Å². The molecule has 2 atom stereocenters. The fraction of sp³-hybridized carbons (Fsp3) is 0.840. The highest BCUT2D eigenvalue weighted by molar-refractivity contribution is 5.83. The minimum Gasteiger partial charge on any atom is -0.457 e. The summed E-state index contributed by atoms with van der Waals surface area (Å²) >= 11 is 0. The van der Waals surface area contributed by atoms with Crippen LogP contribution in [0.5, 0.6) is 0 Å². The molecule has 0 aliphatic rings. The molecule has 0 aliphatic heterocycles. The van der Waals surface area contributed by atoms with Crippen LogP contribution < -0.4 is 0 Å². The highest BCUT2D eigenvalue weighted by Gasteiger charge is 2.28. The lowest BCUT2D eigenvalue weighted by molar-refractivity contribution is -0.161. The molecule has 2 N–H and O–H groups in total. The van der Waals surface area contributed by atoms with Crippen molar-refractivity contribution in [2.45, 2.75) is 129 Å². The van der Waals surface area contributed by atoms with E-state index in [1.54, 1.807) is 0 Å². The zero-order valence-corrected chi connectivity index (χ0v) is 19.4. The minimum absolute atomic E-state index is 0.214. The first kappa shape index (κ1) is 28.8. The normalized spacial score (nSPS) is 13.5. The molecule has 0 aliphatic carbocycles. The first-order valence-corrected chi connectivity index (χ1v) is 12.2. The molecule has 0 radical (unpaired) electrons. The predicted octanol–water partition coefficient (Wildman–Crippen LogP) is 5.66. The van der Waals surface area contributed by atoms with Gasteiger partial charge in [0.1, 0.15) is 0 Å². The second-order valence-electron chi connectivity index (χ2n) is 8.21. The number of ketones is 1. The average molecular weight is 427 g/mol. The van der Waals surface area contributed by atoms with Crippen LogP contribution in [0.2, 0.25) is 0 Å². The van der Waals surface area contributed by atoms with E-state index in [-0.39, 0.29) is 18.6 Å². The highest BCUT2D eigenvalue weighted by atomic mass is 16.6. The van der Waals surface area contributed by atoms with Gasteiger partial charge in [-0.25, -0.2) is 0 Å². The summed E-state index contributed by atoms with van der Waals surface area (Å²) in [6, 6.07) is 0. The van der Waals surface area contributed by atoms with E-state index in [1.165, 1.54) is 51.4 Å². The van der Waals surface area contributed by atoms with Gasteiger partial charge in [-0.3, -0.25) is 9.59 Å². The van der Waals surface area contributed by atoms with Gasteiger partial charge in [0.15, 0.2) is 18.0 Å². The Labute approximate surface area is 184 Å². The number of aliphatic hydroxyl groups is 2. The van der Waals surface area contributed by atoms with Crippen molar-refractivity contribution in [3.05, 3.63) is 12.2 Å². The van der Waals surface area contributed by atoms with Crippen molar-refractivity contribution in [1.29, 1.82) is 0 Å². The van der Waals surface area contributed by atoms with Crippen LogP contribution in [0.3, 0.4) is 0 Å². The van der Waals surface area contributed by atoms with Gasteiger partial charge in [-0.1, -0.05) is 77.4 Å². The third kappa shape index (κ3) is 16.6. The summed E-state index contributed by atoms with van der Waals surface area (Å²) in [4.78, 5) is 23.5. The molecule has 0 amide bonds. The van der Waals surface area contributed by atoms with Gasteiger partial charge < -0.3 is 14.9 Å². The van der Waals surface area contributed by atoms with Crippen molar-refractivity contribution >= 4 is 11.8 Å². The van der Waals surface area contributed by atoms with Gasteiger partial charge in [0.2, 0.25) is 0 Å². The summed E-state index contributed by atoms with van der Waals surface area (Å²) in [6.07, 6.45) is 18.5. The SMILES string of the molecule is CCCCCCCC/C=C\CCCCCCCC(=O)C(O)C(CO)OC(=O)CCC. The molecule has 0 bridgehead atoms. The maximum Gasteiger partial charge on any atom is 0.306 e. The van der Waals surface area contributed by atoms with Gasteiger partial charge >= 0.3 is 5.97 Å². The lowest BCUT2D eigenvalue weighted by Gasteiger charge is -2.20. The lowest BCUT2D eigenvalue weighted by atomic mass is 10.0. The molecule has 176 valence electrons. The number of ether oxygens (including phenoxy) is 1. The summed E-state index contributed by atoms with van der Waals surface area (Å²) in [5.74, 6) is -0.861. The molecule has 0 fully saturated rings. The second kappa shape index (κ2) is 21.0. The van der Waals surface area contributed by atoms with Crippen LogP contribution in [0.15, 0.2) is 12.2 Å². The molecule has 0 rings (SSSR count). The Morgan fingerprint density at radius 3 is 1.83 bits per heavy atom. The molecule has 0 aromatic rings. The molecule has 0 spiro atoms. The van der Waals surface area contributed by atoms with E-state index in [0.717, 1.165) is 25.7 Å². The lowest BCUT2D eigenvalue weighted by Crippen LogP contribution is -2.40. The van der Waals surface area contributed by atoms with E-state index in [4.69, 9.17) is 4.74 Å². The number of carbonyl (C=O) groups excluding carboxylic acids is 2.